The topological polar surface area (TPSA) is 61.8 Å². The smallest absolute Gasteiger partial charge is 0.161 e. The first-order valence-corrected chi connectivity index (χ1v) is 4.96. The van der Waals surface area contributed by atoms with E-state index in [2.05, 4.69) is 15.6 Å². The Balaban J connectivity index is 2.42. The zero-order valence-corrected chi connectivity index (χ0v) is 8.03. The third kappa shape index (κ3) is 1.40. The number of nitrogens with zero attached hydrogens (tertiary/aromatic N) is 3. The minimum Gasteiger partial charge on any atom is -0.396 e. The first-order chi connectivity index (χ1) is 6.86. The van der Waals surface area contributed by atoms with E-state index in [1.165, 1.54) is 0 Å². The molecule has 0 aromatic carbocycles. The number of aliphatic hydroxyl groups excluding tert-OH is 1. The number of rotatable bonds is 2. The summed E-state index contributed by atoms with van der Waals surface area (Å²) >= 11 is 0. The van der Waals surface area contributed by atoms with Gasteiger partial charge in [0.2, 0.25) is 0 Å². The Bertz CT molecular complexity index is 375. The van der Waals surface area contributed by atoms with E-state index in [0.717, 1.165) is 37.3 Å². The molecule has 0 unspecified atom stereocenters. The molecule has 0 aliphatic carbocycles. The lowest BCUT2D eigenvalue weighted by Crippen LogP contribution is -2.13. The number of fused-ring (bicyclic) bond motifs is 1. The molecule has 2 heterocycles. The van der Waals surface area contributed by atoms with E-state index in [1.54, 1.807) is 0 Å². The molecular formula is C10H13N3O. The van der Waals surface area contributed by atoms with Crippen molar-refractivity contribution in [1.82, 2.24) is 9.55 Å². The van der Waals surface area contributed by atoms with Gasteiger partial charge in [-0.2, -0.15) is 5.26 Å². The molecule has 4 nitrogen and oxygen atoms in total. The normalized spacial score (nSPS) is 14.9. The summed E-state index contributed by atoms with van der Waals surface area (Å²) in [5.41, 5.74) is 1.61. The first kappa shape index (κ1) is 9.22. The van der Waals surface area contributed by atoms with Crippen LogP contribution in [-0.2, 0) is 19.4 Å². The molecule has 2 rings (SSSR count). The van der Waals surface area contributed by atoms with Gasteiger partial charge in [-0.1, -0.05) is 0 Å². The minimum atomic E-state index is 0.0985. The zero-order chi connectivity index (χ0) is 9.97. The summed E-state index contributed by atoms with van der Waals surface area (Å²) < 4.78 is 2.10. The fourth-order valence-corrected chi connectivity index (χ4v) is 2.00. The average Bonchev–Trinajstić information content (AvgIpc) is 2.58. The summed E-state index contributed by atoms with van der Waals surface area (Å²) in [6, 6.07) is 2.12. The molecule has 0 amide bonds. The SMILES string of the molecule is N#Cc1nc(CCO)n2c1CCCC2. The quantitative estimate of drug-likeness (QED) is 0.745. The second-order valence-electron chi connectivity index (χ2n) is 3.52. The molecule has 1 aromatic rings. The fraction of sp³-hybridized carbons (Fsp3) is 0.600. The van der Waals surface area contributed by atoms with Crippen LogP contribution in [0, 0.1) is 11.3 Å². The standard InChI is InChI=1S/C10H13N3O/c11-7-8-9-3-1-2-5-13(9)10(12-8)4-6-14/h14H,1-6H2. The van der Waals surface area contributed by atoms with E-state index in [1.807, 2.05) is 0 Å². The molecule has 0 radical (unpaired) electrons. The van der Waals surface area contributed by atoms with Crippen LogP contribution in [0.1, 0.15) is 30.1 Å². The largest absolute Gasteiger partial charge is 0.396 e. The molecular weight excluding hydrogens is 178 g/mol. The summed E-state index contributed by atoms with van der Waals surface area (Å²) in [5.74, 6) is 0.860. The highest BCUT2D eigenvalue weighted by molar-refractivity contribution is 5.30. The van der Waals surface area contributed by atoms with Crippen LogP contribution in [0.2, 0.25) is 0 Å². The molecule has 0 atom stereocenters. The number of imidazole rings is 1. The van der Waals surface area contributed by atoms with Crippen LogP contribution in [0.15, 0.2) is 0 Å². The lowest BCUT2D eigenvalue weighted by molar-refractivity contribution is 0.293. The van der Waals surface area contributed by atoms with E-state index in [9.17, 15) is 0 Å². The van der Waals surface area contributed by atoms with Crippen molar-refractivity contribution in [3.8, 4) is 6.07 Å². The maximum absolute atomic E-state index is 8.89. The lowest BCUT2D eigenvalue weighted by Gasteiger charge is -2.16. The molecule has 1 aliphatic rings. The Morgan fingerprint density at radius 2 is 2.36 bits per heavy atom. The van der Waals surface area contributed by atoms with E-state index < -0.39 is 0 Å². The number of hydrogen-bond donors (Lipinski definition) is 1. The molecule has 1 aromatic heterocycles. The molecule has 0 bridgehead atoms. The lowest BCUT2D eigenvalue weighted by atomic mass is 10.1. The van der Waals surface area contributed by atoms with Crippen molar-refractivity contribution in [2.75, 3.05) is 6.61 Å². The Morgan fingerprint density at radius 3 is 3.07 bits per heavy atom. The Hall–Kier alpha value is -1.34. The average molecular weight is 191 g/mol. The monoisotopic (exact) mass is 191 g/mol. The summed E-state index contributed by atoms with van der Waals surface area (Å²) in [7, 11) is 0. The van der Waals surface area contributed by atoms with Gasteiger partial charge in [-0.3, -0.25) is 0 Å². The number of aliphatic hydroxyl groups is 1. The van der Waals surface area contributed by atoms with Crippen LogP contribution >= 0.6 is 0 Å². The second-order valence-corrected chi connectivity index (χ2v) is 3.52. The van der Waals surface area contributed by atoms with Crippen molar-refractivity contribution in [1.29, 1.82) is 5.26 Å². The Morgan fingerprint density at radius 1 is 1.50 bits per heavy atom. The molecule has 0 saturated carbocycles. The molecule has 0 saturated heterocycles. The van der Waals surface area contributed by atoms with Gasteiger partial charge < -0.3 is 9.67 Å². The molecule has 1 N–H and O–H groups in total. The van der Waals surface area contributed by atoms with Crippen molar-refractivity contribution in [3.63, 3.8) is 0 Å². The summed E-state index contributed by atoms with van der Waals surface area (Å²) in [6.45, 7) is 1.04. The summed E-state index contributed by atoms with van der Waals surface area (Å²) in [6.07, 6.45) is 3.78. The maximum atomic E-state index is 8.89. The molecule has 1 aliphatic heterocycles. The van der Waals surface area contributed by atoms with Crippen LogP contribution < -0.4 is 0 Å². The fourth-order valence-electron chi connectivity index (χ4n) is 2.00. The van der Waals surface area contributed by atoms with Gasteiger partial charge in [0.05, 0.1) is 12.3 Å². The van der Waals surface area contributed by atoms with E-state index in [0.29, 0.717) is 12.1 Å². The van der Waals surface area contributed by atoms with Crippen LogP contribution in [0.4, 0.5) is 0 Å². The Labute approximate surface area is 82.8 Å². The highest BCUT2D eigenvalue weighted by Crippen LogP contribution is 2.20. The number of nitriles is 1. The molecule has 14 heavy (non-hydrogen) atoms. The van der Waals surface area contributed by atoms with E-state index in [4.69, 9.17) is 10.4 Å². The zero-order valence-electron chi connectivity index (χ0n) is 8.03. The second kappa shape index (κ2) is 3.81. The van der Waals surface area contributed by atoms with E-state index >= 15 is 0 Å². The third-order valence-electron chi connectivity index (χ3n) is 2.64. The van der Waals surface area contributed by atoms with Gasteiger partial charge in [0.1, 0.15) is 11.9 Å². The van der Waals surface area contributed by atoms with Crippen LogP contribution in [0.3, 0.4) is 0 Å². The van der Waals surface area contributed by atoms with Gasteiger partial charge in [0, 0.05) is 13.0 Å². The maximum Gasteiger partial charge on any atom is 0.161 e. The first-order valence-electron chi connectivity index (χ1n) is 4.96. The summed E-state index contributed by atoms with van der Waals surface area (Å²) in [4.78, 5) is 4.24. The third-order valence-corrected chi connectivity index (χ3v) is 2.64. The van der Waals surface area contributed by atoms with Crippen LogP contribution in [0.5, 0.6) is 0 Å². The number of aromatic nitrogens is 2. The van der Waals surface area contributed by atoms with Gasteiger partial charge in [0.15, 0.2) is 5.69 Å². The van der Waals surface area contributed by atoms with Gasteiger partial charge in [0.25, 0.3) is 0 Å². The van der Waals surface area contributed by atoms with Crippen LogP contribution in [-0.4, -0.2) is 21.3 Å². The van der Waals surface area contributed by atoms with Gasteiger partial charge in [-0.25, -0.2) is 4.98 Å². The van der Waals surface area contributed by atoms with Crippen molar-refractivity contribution in [2.45, 2.75) is 32.2 Å². The van der Waals surface area contributed by atoms with Gasteiger partial charge in [-0.15, -0.1) is 0 Å². The van der Waals surface area contributed by atoms with Gasteiger partial charge in [-0.05, 0) is 19.3 Å². The molecule has 74 valence electrons. The molecule has 0 spiro atoms. The number of hydrogen-bond acceptors (Lipinski definition) is 3. The predicted octanol–water partition coefficient (Wildman–Crippen LogP) is 0.626. The van der Waals surface area contributed by atoms with Crippen molar-refractivity contribution in [2.24, 2.45) is 0 Å². The highest BCUT2D eigenvalue weighted by Gasteiger charge is 2.18. The summed E-state index contributed by atoms with van der Waals surface area (Å²) in [5, 5.41) is 17.8. The predicted molar refractivity (Wildman–Crippen MR) is 50.7 cm³/mol. The highest BCUT2D eigenvalue weighted by atomic mass is 16.3. The minimum absolute atomic E-state index is 0.0985. The van der Waals surface area contributed by atoms with Crippen molar-refractivity contribution in [3.05, 3.63) is 17.2 Å². The van der Waals surface area contributed by atoms with Crippen LogP contribution in [0.25, 0.3) is 0 Å². The molecule has 0 fully saturated rings. The molecule has 4 heteroatoms. The van der Waals surface area contributed by atoms with E-state index in [-0.39, 0.29) is 6.61 Å². The Kier molecular flexibility index (Phi) is 2.51. The van der Waals surface area contributed by atoms with Crippen molar-refractivity contribution < 1.29 is 5.11 Å². The van der Waals surface area contributed by atoms with Gasteiger partial charge >= 0.3 is 0 Å². The van der Waals surface area contributed by atoms with Crippen molar-refractivity contribution >= 4 is 0 Å².